The number of nitrogens with zero attached hydrogens (tertiary/aromatic N) is 5. The molecule has 6 nitrogen and oxygen atoms in total. The highest BCUT2D eigenvalue weighted by Crippen LogP contribution is 2.13. The molecule has 0 unspecified atom stereocenters. The topological polar surface area (TPSA) is 59.0 Å². The maximum atomic E-state index is 12.1. The van der Waals surface area contributed by atoms with Gasteiger partial charge in [0.25, 0.3) is 0 Å². The summed E-state index contributed by atoms with van der Waals surface area (Å²) in [5, 5.41) is 0.268. The average Bonchev–Trinajstić information content (AvgIpc) is 2.57. The molecule has 1 aromatic heterocycles. The third-order valence-corrected chi connectivity index (χ3v) is 5.33. The van der Waals surface area contributed by atoms with Crippen LogP contribution in [0.3, 0.4) is 0 Å². The standard InChI is InChI=1S/C16H30N5OS/c1-6-21(7-2,8-3)11-9-15(22)23-12-10-14-17-13-18-16(19-14)20(4)5/h13H,6-12H2,1-5H3/q+1. The monoisotopic (exact) mass is 340 g/mol. The van der Waals surface area contributed by atoms with Gasteiger partial charge in [-0.05, 0) is 20.8 Å². The molecular formula is C16H30N5OS+. The van der Waals surface area contributed by atoms with E-state index in [1.165, 1.54) is 18.1 Å². The van der Waals surface area contributed by atoms with E-state index in [-0.39, 0.29) is 5.12 Å². The van der Waals surface area contributed by atoms with Gasteiger partial charge in [-0.25, -0.2) is 9.97 Å². The van der Waals surface area contributed by atoms with E-state index in [2.05, 4.69) is 35.7 Å². The van der Waals surface area contributed by atoms with Gasteiger partial charge in [-0.1, -0.05) is 11.8 Å². The Labute approximate surface area is 144 Å². The van der Waals surface area contributed by atoms with Crippen LogP contribution >= 0.6 is 11.8 Å². The first-order valence-electron chi connectivity index (χ1n) is 8.32. The van der Waals surface area contributed by atoms with E-state index in [0.717, 1.165) is 42.2 Å². The lowest BCUT2D eigenvalue weighted by Gasteiger charge is -2.35. The summed E-state index contributed by atoms with van der Waals surface area (Å²) < 4.78 is 1.02. The molecule has 0 aliphatic heterocycles. The molecule has 0 aliphatic carbocycles. The summed E-state index contributed by atoms with van der Waals surface area (Å²) in [5.74, 6) is 2.12. The molecule has 0 N–H and O–H groups in total. The molecule has 0 bridgehead atoms. The van der Waals surface area contributed by atoms with Gasteiger partial charge in [0.1, 0.15) is 12.2 Å². The molecule has 1 rings (SSSR count). The van der Waals surface area contributed by atoms with E-state index in [1.54, 1.807) is 0 Å². The van der Waals surface area contributed by atoms with Crippen LogP contribution in [0.1, 0.15) is 33.0 Å². The van der Waals surface area contributed by atoms with Crippen LogP contribution in [0, 0.1) is 0 Å². The second kappa shape index (κ2) is 9.82. The Balaban J connectivity index is 2.38. The number of aromatic nitrogens is 3. The lowest BCUT2D eigenvalue weighted by Crippen LogP contribution is -2.48. The zero-order chi connectivity index (χ0) is 17.3. The van der Waals surface area contributed by atoms with E-state index >= 15 is 0 Å². The third kappa shape index (κ3) is 6.43. The Kier molecular flexibility index (Phi) is 8.47. The number of aryl methyl sites for hydroxylation is 1. The molecule has 0 saturated carbocycles. The minimum Gasteiger partial charge on any atom is -0.347 e. The maximum Gasteiger partial charge on any atom is 0.228 e. The van der Waals surface area contributed by atoms with Crippen molar-refractivity contribution in [1.29, 1.82) is 0 Å². The largest absolute Gasteiger partial charge is 0.347 e. The molecule has 7 heteroatoms. The molecule has 0 saturated heterocycles. The molecule has 0 aromatic carbocycles. The molecular weight excluding hydrogens is 310 g/mol. The van der Waals surface area contributed by atoms with Crippen LogP contribution < -0.4 is 4.90 Å². The minimum atomic E-state index is 0.268. The van der Waals surface area contributed by atoms with E-state index in [4.69, 9.17) is 0 Å². The van der Waals surface area contributed by atoms with Crippen LogP contribution in [-0.4, -0.2) is 70.6 Å². The highest BCUT2D eigenvalue weighted by atomic mass is 32.2. The van der Waals surface area contributed by atoms with Crippen molar-refractivity contribution in [3.63, 3.8) is 0 Å². The number of anilines is 1. The molecule has 130 valence electrons. The highest BCUT2D eigenvalue weighted by Gasteiger charge is 2.21. The number of thioether (sulfide) groups is 1. The highest BCUT2D eigenvalue weighted by molar-refractivity contribution is 8.13. The smallest absolute Gasteiger partial charge is 0.228 e. The van der Waals surface area contributed by atoms with Crippen molar-refractivity contribution >= 4 is 22.8 Å². The molecule has 0 atom stereocenters. The van der Waals surface area contributed by atoms with E-state index in [1.807, 2.05) is 19.0 Å². The van der Waals surface area contributed by atoms with E-state index in [9.17, 15) is 4.79 Å². The van der Waals surface area contributed by atoms with Gasteiger partial charge >= 0.3 is 0 Å². The maximum absolute atomic E-state index is 12.1. The Hall–Kier alpha value is -1.21. The number of hydrogen-bond donors (Lipinski definition) is 0. The summed E-state index contributed by atoms with van der Waals surface area (Å²) in [7, 11) is 3.80. The summed E-state index contributed by atoms with van der Waals surface area (Å²) in [4.78, 5) is 26.6. The van der Waals surface area contributed by atoms with Crippen LogP contribution in [-0.2, 0) is 11.2 Å². The molecule has 0 radical (unpaired) electrons. The molecule has 0 spiro atoms. The molecule has 0 amide bonds. The van der Waals surface area contributed by atoms with Gasteiger partial charge in [0.2, 0.25) is 5.95 Å². The second-order valence-electron chi connectivity index (χ2n) is 5.83. The fourth-order valence-corrected chi connectivity index (χ4v) is 3.21. The van der Waals surface area contributed by atoms with Gasteiger partial charge in [-0.2, -0.15) is 4.98 Å². The van der Waals surface area contributed by atoms with Crippen molar-refractivity contribution in [2.45, 2.75) is 33.6 Å². The van der Waals surface area contributed by atoms with Gasteiger partial charge in [-0.15, -0.1) is 0 Å². The van der Waals surface area contributed by atoms with Crippen LogP contribution in [0.5, 0.6) is 0 Å². The predicted molar refractivity (Wildman–Crippen MR) is 96.7 cm³/mol. The number of carbonyl (C=O) groups is 1. The van der Waals surface area contributed by atoms with Crippen molar-refractivity contribution < 1.29 is 9.28 Å². The van der Waals surface area contributed by atoms with Gasteiger partial charge in [0.05, 0.1) is 32.6 Å². The lowest BCUT2D eigenvalue weighted by atomic mass is 10.3. The fourth-order valence-electron chi connectivity index (χ4n) is 2.46. The third-order valence-electron chi connectivity index (χ3n) is 4.40. The van der Waals surface area contributed by atoms with Crippen LogP contribution in [0.15, 0.2) is 6.33 Å². The molecule has 1 aromatic rings. The summed E-state index contributed by atoms with van der Waals surface area (Å²) in [6, 6.07) is 0. The quantitative estimate of drug-likeness (QED) is 0.607. The van der Waals surface area contributed by atoms with E-state index < -0.39 is 0 Å². The molecule has 0 fully saturated rings. The summed E-state index contributed by atoms with van der Waals surface area (Å²) >= 11 is 1.39. The number of rotatable bonds is 10. The van der Waals surface area contributed by atoms with Gasteiger partial charge in [0.15, 0.2) is 5.12 Å². The second-order valence-corrected chi connectivity index (χ2v) is 6.98. The Morgan fingerprint density at radius 2 is 1.83 bits per heavy atom. The van der Waals surface area contributed by atoms with Crippen molar-refractivity contribution in [1.82, 2.24) is 15.0 Å². The first kappa shape index (κ1) is 19.8. The summed E-state index contributed by atoms with van der Waals surface area (Å²) in [6.07, 6.45) is 2.86. The van der Waals surface area contributed by atoms with Gasteiger partial charge in [-0.3, -0.25) is 4.79 Å². The first-order valence-corrected chi connectivity index (χ1v) is 9.30. The fraction of sp³-hybridized carbons (Fsp3) is 0.750. The van der Waals surface area contributed by atoms with Crippen LogP contribution in [0.4, 0.5) is 5.95 Å². The van der Waals surface area contributed by atoms with Crippen molar-refractivity contribution in [3.05, 3.63) is 12.2 Å². The Morgan fingerprint density at radius 3 is 2.39 bits per heavy atom. The van der Waals surface area contributed by atoms with Crippen molar-refractivity contribution in [2.24, 2.45) is 0 Å². The number of carbonyl (C=O) groups excluding carboxylic acids is 1. The van der Waals surface area contributed by atoms with Crippen LogP contribution in [0.25, 0.3) is 0 Å². The Bertz CT molecular complexity index is 483. The van der Waals surface area contributed by atoms with Crippen LogP contribution in [0.2, 0.25) is 0 Å². The predicted octanol–water partition coefficient (Wildman–Crippen LogP) is 2.01. The zero-order valence-corrected chi connectivity index (χ0v) is 15.9. The summed E-state index contributed by atoms with van der Waals surface area (Å²) in [6.45, 7) is 10.8. The normalized spacial score (nSPS) is 11.5. The van der Waals surface area contributed by atoms with Gasteiger partial charge in [0, 0.05) is 26.3 Å². The lowest BCUT2D eigenvalue weighted by molar-refractivity contribution is -0.922. The average molecular weight is 341 g/mol. The molecule has 1 heterocycles. The molecule has 0 aliphatic rings. The van der Waals surface area contributed by atoms with Crippen molar-refractivity contribution in [3.8, 4) is 0 Å². The SMILES string of the molecule is CC[N+](CC)(CC)CCC(=O)SCCc1ncnc(N(C)C)n1. The number of quaternary nitrogens is 1. The first-order chi connectivity index (χ1) is 11.0. The van der Waals surface area contributed by atoms with Gasteiger partial charge < -0.3 is 9.38 Å². The number of hydrogen-bond acceptors (Lipinski definition) is 6. The Morgan fingerprint density at radius 1 is 1.17 bits per heavy atom. The molecule has 23 heavy (non-hydrogen) atoms. The summed E-state index contributed by atoms with van der Waals surface area (Å²) in [5.41, 5.74) is 0. The van der Waals surface area contributed by atoms with Crippen molar-refractivity contribution in [2.75, 3.05) is 50.9 Å². The van der Waals surface area contributed by atoms with E-state index in [0.29, 0.717) is 18.8 Å². The minimum absolute atomic E-state index is 0.268. The zero-order valence-electron chi connectivity index (χ0n) is 15.1.